The maximum absolute atomic E-state index is 13.1. The van der Waals surface area contributed by atoms with E-state index >= 15 is 0 Å². The smallest absolute Gasteiger partial charge is 0.325 e. The van der Waals surface area contributed by atoms with Gasteiger partial charge in [-0.25, -0.2) is 4.79 Å². The Morgan fingerprint density at radius 1 is 1.26 bits per heavy atom. The number of hydrogen-bond donors (Lipinski definition) is 2. The molecule has 1 aliphatic carbocycles. The molecule has 0 aromatic heterocycles. The predicted octanol–water partition coefficient (Wildman–Crippen LogP) is 3.71. The van der Waals surface area contributed by atoms with E-state index in [9.17, 15) is 14.4 Å². The van der Waals surface area contributed by atoms with E-state index in [2.05, 4.69) is 10.6 Å². The number of aryl methyl sites for hydroxylation is 1. The number of rotatable bonds is 6. The fourth-order valence-corrected chi connectivity index (χ4v) is 4.26. The molecule has 162 valence electrons. The van der Waals surface area contributed by atoms with Gasteiger partial charge in [0.2, 0.25) is 5.91 Å². The van der Waals surface area contributed by atoms with Gasteiger partial charge in [-0.2, -0.15) is 0 Å². The summed E-state index contributed by atoms with van der Waals surface area (Å²) in [5.74, 6) is 0.00540. The zero-order valence-corrected chi connectivity index (χ0v) is 18.2. The van der Waals surface area contributed by atoms with Gasteiger partial charge in [0, 0.05) is 5.69 Å². The largest absolute Gasteiger partial charge is 0.492 e. The maximum Gasteiger partial charge on any atom is 0.325 e. The van der Waals surface area contributed by atoms with Crippen LogP contribution in [-0.4, -0.2) is 35.9 Å². The summed E-state index contributed by atoms with van der Waals surface area (Å²) in [7, 11) is 0. The third-order valence-electron chi connectivity index (χ3n) is 5.51. The van der Waals surface area contributed by atoms with E-state index in [1.54, 1.807) is 18.2 Å². The van der Waals surface area contributed by atoms with Gasteiger partial charge >= 0.3 is 6.03 Å². The Morgan fingerprint density at radius 3 is 2.77 bits per heavy atom. The molecule has 8 heteroatoms. The fraction of sp³-hybridized carbons (Fsp3) is 0.348. The predicted molar refractivity (Wildman–Crippen MR) is 117 cm³/mol. The van der Waals surface area contributed by atoms with E-state index < -0.39 is 23.4 Å². The summed E-state index contributed by atoms with van der Waals surface area (Å²) in [5, 5.41) is 5.87. The second-order valence-electron chi connectivity index (χ2n) is 8.28. The second-order valence-corrected chi connectivity index (χ2v) is 8.69. The van der Waals surface area contributed by atoms with Gasteiger partial charge in [0.15, 0.2) is 0 Å². The molecule has 4 amide bonds. The van der Waals surface area contributed by atoms with Gasteiger partial charge in [-0.3, -0.25) is 14.5 Å². The fourth-order valence-electron chi connectivity index (χ4n) is 4.03. The van der Waals surface area contributed by atoms with Gasteiger partial charge in [0.1, 0.15) is 17.8 Å². The van der Waals surface area contributed by atoms with Gasteiger partial charge in [-0.1, -0.05) is 49.7 Å². The third-order valence-corrected chi connectivity index (χ3v) is 5.81. The van der Waals surface area contributed by atoms with Crippen molar-refractivity contribution in [3.8, 4) is 5.75 Å². The van der Waals surface area contributed by atoms with Crippen molar-refractivity contribution >= 4 is 35.1 Å². The minimum absolute atomic E-state index is 0.356. The van der Waals surface area contributed by atoms with Crippen LogP contribution >= 0.6 is 11.6 Å². The number of carbonyl (C=O) groups excluding carboxylic acids is 3. The van der Waals surface area contributed by atoms with Crippen molar-refractivity contribution in [3.63, 3.8) is 0 Å². The first-order chi connectivity index (χ1) is 14.8. The van der Waals surface area contributed by atoms with Crippen LogP contribution in [-0.2, 0) is 21.5 Å². The van der Waals surface area contributed by atoms with Crippen LogP contribution in [0.5, 0.6) is 5.75 Å². The zero-order valence-electron chi connectivity index (χ0n) is 17.4. The van der Waals surface area contributed by atoms with E-state index in [0.717, 1.165) is 16.0 Å². The summed E-state index contributed by atoms with van der Waals surface area (Å²) >= 11 is 6.24. The molecule has 0 radical (unpaired) electrons. The molecule has 1 heterocycles. The molecule has 7 nitrogen and oxygen atoms in total. The number of imide groups is 1. The lowest BCUT2D eigenvalue weighted by Gasteiger charge is -2.22. The minimum Gasteiger partial charge on any atom is -0.492 e. The lowest BCUT2D eigenvalue weighted by molar-refractivity contribution is -0.134. The van der Waals surface area contributed by atoms with Crippen molar-refractivity contribution in [2.45, 2.75) is 32.2 Å². The quantitative estimate of drug-likeness (QED) is 0.669. The molecule has 2 aromatic rings. The molecule has 1 saturated heterocycles. The molecule has 1 aliphatic heterocycles. The summed E-state index contributed by atoms with van der Waals surface area (Å²) < 4.78 is 5.63. The lowest BCUT2D eigenvalue weighted by atomic mass is 9.92. The molecular weight excluding hydrogens is 418 g/mol. The van der Waals surface area contributed by atoms with Crippen LogP contribution in [0.1, 0.15) is 31.4 Å². The lowest BCUT2D eigenvalue weighted by Crippen LogP contribution is -2.42. The van der Waals surface area contributed by atoms with Crippen molar-refractivity contribution in [1.82, 2.24) is 10.2 Å². The first-order valence-electron chi connectivity index (χ1n) is 10.2. The topological polar surface area (TPSA) is 87.7 Å². The molecule has 31 heavy (non-hydrogen) atoms. The van der Waals surface area contributed by atoms with Crippen molar-refractivity contribution < 1.29 is 19.1 Å². The highest BCUT2D eigenvalue weighted by molar-refractivity contribution is 6.32. The number of ether oxygens (including phenoxy) is 1. The van der Waals surface area contributed by atoms with Crippen LogP contribution in [0.2, 0.25) is 5.02 Å². The van der Waals surface area contributed by atoms with Crippen molar-refractivity contribution in [2.75, 3.05) is 18.5 Å². The molecule has 2 aliphatic rings. The van der Waals surface area contributed by atoms with Gasteiger partial charge in [-0.15, -0.1) is 0 Å². The number of benzene rings is 2. The minimum atomic E-state index is -1.08. The van der Waals surface area contributed by atoms with Gasteiger partial charge in [-0.05, 0) is 48.1 Å². The average molecular weight is 442 g/mol. The molecule has 2 N–H and O–H groups in total. The number of nitrogens with zero attached hydrogens (tertiary/aromatic N) is 1. The van der Waals surface area contributed by atoms with Crippen LogP contribution in [0.4, 0.5) is 10.5 Å². The van der Waals surface area contributed by atoms with Crippen molar-refractivity contribution in [2.24, 2.45) is 5.92 Å². The first kappa shape index (κ1) is 21.2. The van der Waals surface area contributed by atoms with Crippen LogP contribution in [0, 0.1) is 5.92 Å². The van der Waals surface area contributed by atoms with E-state index in [0.29, 0.717) is 41.8 Å². The summed E-state index contributed by atoms with van der Waals surface area (Å²) in [5.41, 5.74) is 1.23. The van der Waals surface area contributed by atoms with Gasteiger partial charge in [0.25, 0.3) is 5.91 Å². The number of carbonyl (C=O) groups is 3. The number of urea groups is 1. The van der Waals surface area contributed by atoms with Crippen LogP contribution in [0.3, 0.4) is 0 Å². The van der Waals surface area contributed by atoms with E-state index in [4.69, 9.17) is 16.3 Å². The molecule has 1 fully saturated rings. The van der Waals surface area contributed by atoms with Gasteiger partial charge < -0.3 is 15.4 Å². The Hall–Kier alpha value is -3.06. The second kappa shape index (κ2) is 8.23. The Bertz CT molecular complexity index is 1050. The number of hydrogen-bond acceptors (Lipinski definition) is 4. The highest BCUT2D eigenvalue weighted by Crippen LogP contribution is 2.41. The van der Waals surface area contributed by atoms with E-state index in [-0.39, 0.29) is 6.54 Å². The van der Waals surface area contributed by atoms with Crippen LogP contribution < -0.4 is 15.4 Å². The van der Waals surface area contributed by atoms with Crippen molar-refractivity contribution in [1.29, 1.82) is 0 Å². The maximum atomic E-state index is 13.1. The van der Waals surface area contributed by atoms with Crippen LogP contribution in [0.15, 0.2) is 42.5 Å². The summed E-state index contributed by atoms with van der Waals surface area (Å²) in [6.45, 7) is 4.22. The highest BCUT2D eigenvalue weighted by atomic mass is 35.5. The van der Waals surface area contributed by atoms with Gasteiger partial charge in [0.05, 0.1) is 11.6 Å². The summed E-state index contributed by atoms with van der Waals surface area (Å²) in [4.78, 5) is 39.2. The number of nitrogens with one attached hydrogen (secondary N) is 2. The number of anilines is 1. The zero-order chi connectivity index (χ0) is 22.2. The Kier molecular flexibility index (Phi) is 5.62. The number of amides is 4. The number of fused-ring (bicyclic) bond motifs is 2. The molecule has 1 spiro atoms. The molecule has 1 unspecified atom stereocenters. The molecule has 1 atom stereocenters. The molecule has 0 bridgehead atoms. The molecule has 0 saturated carbocycles. The average Bonchev–Trinajstić information content (AvgIpc) is 3.21. The highest BCUT2D eigenvalue weighted by Gasteiger charge is 2.55. The SMILES string of the molecule is CC(C)COc1ccc(NC(=O)CN2C(=O)NC3(CCc4ccccc43)C2=O)cc1Cl. The van der Waals surface area contributed by atoms with E-state index in [1.165, 1.54) is 0 Å². The number of halogens is 1. The Labute approximate surface area is 185 Å². The first-order valence-corrected chi connectivity index (χ1v) is 10.6. The monoisotopic (exact) mass is 441 g/mol. The Morgan fingerprint density at radius 2 is 2.03 bits per heavy atom. The molecular formula is C23H24ClN3O4. The Balaban J connectivity index is 1.43. The summed E-state index contributed by atoms with van der Waals surface area (Å²) in [6.07, 6.45) is 1.19. The molecule has 4 rings (SSSR count). The van der Waals surface area contributed by atoms with E-state index in [1.807, 2.05) is 38.1 Å². The third kappa shape index (κ3) is 3.97. The van der Waals surface area contributed by atoms with Crippen molar-refractivity contribution in [3.05, 3.63) is 58.6 Å². The summed E-state index contributed by atoms with van der Waals surface area (Å²) in [6, 6.07) is 11.9. The normalized spacial score (nSPS) is 19.7. The van der Waals surface area contributed by atoms with Crippen LogP contribution in [0.25, 0.3) is 0 Å². The standard InChI is InChI=1S/C23H24ClN3O4/c1-14(2)13-31-19-8-7-16(11-18(19)24)25-20(28)12-27-21(29)23(26-22(27)30)10-9-15-5-3-4-6-17(15)23/h3-8,11,14H,9-10,12-13H2,1-2H3,(H,25,28)(H,26,30). The molecule has 2 aromatic carbocycles.